The van der Waals surface area contributed by atoms with Gasteiger partial charge in [0.25, 0.3) is 0 Å². The van der Waals surface area contributed by atoms with E-state index in [2.05, 4.69) is 40.1 Å². The van der Waals surface area contributed by atoms with E-state index in [0.717, 1.165) is 0 Å². The van der Waals surface area contributed by atoms with Crippen molar-refractivity contribution in [1.82, 2.24) is 55.4 Å². The molecule has 0 saturated carbocycles. The lowest BCUT2D eigenvalue weighted by Crippen LogP contribution is -2.54. The molecule has 0 amide bonds. The maximum atomic E-state index is 14.4. The Kier molecular flexibility index (Phi) is 24.1. The van der Waals surface area contributed by atoms with Crippen molar-refractivity contribution in [3.63, 3.8) is 0 Å². The molecule has 0 fully saturated rings. The lowest BCUT2D eigenvalue weighted by molar-refractivity contribution is -0.152. The van der Waals surface area contributed by atoms with Gasteiger partial charge in [-0.2, -0.15) is 0 Å². The van der Waals surface area contributed by atoms with Crippen molar-refractivity contribution >= 4 is 78.5 Å². The van der Waals surface area contributed by atoms with Gasteiger partial charge in [-0.25, -0.2) is 40.1 Å². The first-order valence-corrected chi connectivity index (χ1v) is 27.1. The highest BCUT2D eigenvalue weighted by molar-refractivity contribution is 7.59. The number of nitrogen functional groups attached to an aromatic ring is 2. The molecule has 4 aromatic heterocycles. The van der Waals surface area contributed by atoms with Crippen LogP contribution in [0.25, 0.3) is 22.3 Å². The van der Waals surface area contributed by atoms with Crippen LogP contribution in [0.4, 0.5) is 11.6 Å². The van der Waals surface area contributed by atoms with Crippen molar-refractivity contribution < 1.29 is 57.0 Å². The quantitative estimate of drug-likeness (QED) is 0.0212. The van der Waals surface area contributed by atoms with E-state index >= 15 is 0 Å². The van der Waals surface area contributed by atoms with E-state index in [4.69, 9.17) is 56.5 Å². The van der Waals surface area contributed by atoms with E-state index in [0.29, 0.717) is 42.0 Å². The molecule has 73 heavy (non-hydrogen) atoms. The molecule has 11 N–H and O–H groups in total. The van der Waals surface area contributed by atoms with Gasteiger partial charge in [0.2, 0.25) is 7.44 Å². The van der Waals surface area contributed by atoms with Crippen molar-refractivity contribution in [2.75, 3.05) is 44.0 Å². The second-order valence-corrected chi connectivity index (χ2v) is 27.3. The van der Waals surface area contributed by atoms with Crippen LogP contribution < -0.4 is 27.8 Å². The first kappa shape index (κ1) is 66.6. The molecule has 0 unspecified atom stereocenters. The minimum absolute atomic E-state index is 0. The van der Waals surface area contributed by atoms with Crippen molar-refractivity contribution in [2.45, 2.75) is 159 Å². The average molecular weight is 1090 g/mol. The second-order valence-electron chi connectivity index (χ2n) is 22.6. The lowest BCUT2D eigenvalue weighted by atomic mass is 9.98. The molecule has 28 heteroatoms. The largest absolute Gasteiger partial charge is 0.464 e. The number of alkyl halides is 1. The van der Waals surface area contributed by atoms with Gasteiger partial charge < -0.3 is 60.2 Å². The number of esters is 3. The molecule has 0 aromatic carbocycles. The van der Waals surface area contributed by atoms with Crippen molar-refractivity contribution in [3.05, 3.63) is 25.3 Å². The lowest BCUT2D eigenvalue weighted by Gasteiger charge is -2.36. The number of carbonyl (C=O) groups excluding carboxylic acids is 3. The number of fused-ring (bicyclic) bond motifs is 2. The summed E-state index contributed by atoms with van der Waals surface area (Å²) in [6.07, 6.45) is 3.97. The molecule has 4 heterocycles. The van der Waals surface area contributed by atoms with Gasteiger partial charge in [-0.15, -0.1) is 11.6 Å². The number of imidazole rings is 2. The molecule has 416 valence electrons. The number of anilines is 2. The molecule has 0 aliphatic rings. The van der Waals surface area contributed by atoms with E-state index in [1.165, 1.54) is 19.0 Å². The molecule has 0 bridgehead atoms. The molecule has 2 atom stereocenters. The SMILES string of the molecule is CC(C)(C)COC(=O)C(C)(C)Cl.C[C@H](Cn1cnc2c(N)ncnc21)OCP(=O)(NC(C)(C)C(=O)OCC(C)(C)C)NC(C)(C)C(=O)OCC(C)(C)C.C[C@H](Cn1cnc2c(N)ncnc21)OCP(=O)(O)O.N. The Morgan fingerprint density at radius 1 is 0.603 bits per heavy atom. The van der Waals surface area contributed by atoms with Crippen LogP contribution >= 0.6 is 26.6 Å². The molecule has 0 aliphatic carbocycles. The van der Waals surface area contributed by atoms with Gasteiger partial charge in [-0.3, -0.25) is 23.5 Å². The number of nitrogens with one attached hydrogen (secondary N) is 2. The van der Waals surface area contributed by atoms with Gasteiger partial charge in [0.15, 0.2) is 22.9 Å². The number of carbonyl (C=O) groups is 3. The third kappa shape index (κ3) is 24.2. The fourth-order valence-corrected chi connectivity index (χ4v) is 8.79. The number of halogens is 1. The van der Waals surface area contributed by atoms with E-state index in [1.807, 2.05) is 62.3 Å². The summed E-state index contributed by atoms with van der Waals surface area (Å²) >= 11 is 5.74. The third-order valence-corrected chi connectivity index (χ3v) is 12.2. The number of hydrogen-bond acceptors (Lipinski definition) is 19. The summed E-state index contributed by atoms with van der Waals surface area (Å²) in [7, 11) is -7.95. The molecule has 0 radical (unpaired) electrons. The van der Waals surface area contributed by atoms with Crippen molar-refractivity contribution in [3.8, 4) is 0 Å². The number of ether oxygens (including phenoxy) is 5. The normalized spacial score (nSPS) is 13.7. The van der Waals surface area contributed by atoms with Crippen LogP contribution in [0.1, 0.15) is 118 Å². The van der Waals surface area contributed by atoms with Crippen LogP contribution in [-0.2, 0) is 60.3 Å². The minimum Gasteiger partial charge on any atom is -0.464 e. The average Bonchev–Trinajstić information content (AvgIpc) is 3.83. The zero-order chi connectivity index (χ0) is 55.5. The summed E-state index contributed by atoms with van der Waals surface area (Å²) < 4.78 is 55.7. The van der Waals surface area contributed by atoms with Crippen LogP contribution in [0, 0.1) is 16.2 Å². The van der Waals surface area contributed by atoms with Crippen molar-refractivity contribution in [2.24, 2.45) is 16.2 Å². The van der Waals surface area contributed by atoms with Crippen LogP contribution in [0.2, 0.25) is 0 Å². The molecule has 0 saturated heterocycles. The summed E-state index contributed by atoms with van der Waals surface area (Å²) in [5.41, 5.74) is 10.3. The predicted octanol–water partition coefficient (Wildman–Crippen LogP) is 6.58. The highest BCUT2D eigenvalue weighted by atomic mass is 35.5. The number of rotatable bonds is 20. The van der Waals surface area contributed by atoms with Gasteiger partial charge in [0.1, 0.15) is 52.3 Å². The Balaban J connectivity index is 0.000000680. The van der Waals surface area contributed by atoms with E-state index in [1.54, 1.807) is 70.9 Å². The molecule has 4 aromatic rings. The molecule has 4 rings (SSSR count). The summed E-state index contributed by atoms with van der Waals surface area (Å²) in [4.78, 5) is 78.1. The first-order chi connectivity index (χ1) is 32.5. The van der Waals surface area contributed by atoms with Gasteiger partial charge in [-0.1, -0.05) is 62.3 Å². The fourth-order valence-electron chi connectivity index (χ4n) is 5.65. The van der Waals surface area contributed by atoms with Crippen molar-refractivity contribution in [1.29, 1.82) is 0 Å². The molecule has 0 spiro atoms. The zero-order valence-corrected chi connectivity index (χ0v) is 48.1. The Bertz CT molecular complexity index is 2480. The van der Waals surface area contributed by atoms with Gasteiger partial charge in [-0.05, 0) is 71.6 Å². The highest BCUT2D eigenvalue weighted by Crippen LogP contribution is 2.42. The fraction of sp³-hybridized carbons (Fsp3) is 0.711. The highest BCUT2D eigenvalue weighted by Gasteiger charge is 2.43. The Morgan fingerprint density at radius 2 is 0.932 bits per heavy atom. The number of hydrogen-bond donors (Lipinski definition) is 7. The second kappa shape index (κ2) is 26.4. The number of aromatic nitrogens is 8. The van der Waals surface area contributed by atoms with E-state index in [-0.39, 0.29) is 59.6 Å². The standard InChI is InChI=1S/C27H48N7O6P.C9H17ClO2.C9H14N5O4P.H3N/c1-18(12-34-16-31-19-20(28)29-15-30-21(19)34)40-17-41(37,32-26(8,9)22(35)38-13-24(2,3)4)33-27(10,11)23(36)39-14-25(5,6)7;1-8(2,3)6-12-7(11)9(4,5)10;1-6(18-5-19(15,16)17)2-14-4-13-7-8(10)11-3-12-9(7)14;/h15-16,18H,12-14,17H2,1-11H3,(H2,28,29,30)(H2,32,33,37);6H2,1-5H3;3-4,6H,2,5H2,1H3,(H2,10,11,12)(H2,15,16,17);1H3/t18-;;6-;/m1.1./s1. The first-order valence-electron chi connectivity index (χ1n) is 23.0. The monoisotopic (exact) mass is 1090 g/mol. The van der Waals surface area contributed by atoms with Gasteiger partial charge in [0.05, 0.1) is 57.8 Å². The van der Waals surface area contributed by atoms with Crippen LogP contribution in [-0.4, -0.2) is 127 Å². The summed E-state index contributed by atoms with van der Waals surface area (Å²) in [5, 5.41) is 5.84. The van der Waals surface area contributed by atoms with E-state index in [9.17, 15) is 23.5 Å². The maximum Gasteiger partial charge on any atom is 0.350 e. The Hall–Kier alpha value is -4.42. The molecule has 0 aliphatic heterocycles. The number of nitrogens with two attached hydrogens (primary N) is 2. The molecule has 25 nitrogen and oxygen atoms in total. The van der Waals surface area contributed by atoms with E-state index < -0.39 is 61.5 Å². The zero-order valence-electron chi connectivity index (χ0n) is 45.6. The summed E-state index contributed by atoms with van der Waals surface area (Å²) in [5.74, 6) is -0.983. The smallest absolute Gasteiger partial charge is 0.350 e. The van der Waals surface area contributed by atoms with Crippen LogP contribution in [0.3, 0.4) is 0 Å². The van der Waals surface area contributed by atoms with Crippen LogP contribution in [0.15, 0.2) is 25.3 Å². The number of nitrogens with zero attached hydrogens (tertiary/aromatic N) is 8. The minimum atomic E-state index is -4.16. The molecular formula is C45H82ClN13O12P2. The maximum absolute atomic E-state index is 14.4. The third-order valence-electron chi connectivity index (χ3n) is 9.17. The molecular weight excluding hydrogens is 1010 g/mol. The summed E-state index contributed by atoms with van der Waals surface area (Å²) in [6, 6.07) is 0. The topological polar surface area (TPSA) is 370 Å². The summed E-state index contributed by atoms with van der Waals surface area (Å²) in [6.45, 7) is 32.1. The Morgan fingerprint density at radius 3 is 1.25 bits per heavy atom. The Labute approximate surface area is 434 Å². The van der Waals surface area contributed by atoms with Gasteiger partial charge in [0, 0.05) is 0 Å². The predicted molar refractivity (Wildman–Crippen MR) is 281 cm³/mol. The van der Waals surface area contributed by atoms with Gasteiger partial charge >= 0.3 is 25.5 Å². The van der Waals surface area contributed by atoms with Crippen LogP contribution in [0.5, 0.6) is 0 Å².